The van der Waals surface area contributed by atoms with Gasteiger partial charge in [0, 0.05) is 25.6 Å². The molecule has 0 radical (unpaired) electrons. The van der Waals surface area contributed by atoms with Crippen molar-refractivity contribution in [2.45, 2.75) is 26.4 Å². The highest BCUT2D eigenvalue weighted by Crippen LogP contribution is 2.34. The highest BCUT2D eigenvalue weighted by atomic mass is 32.2. The van der Waals surface area contributed by atoms with Crippen molar-refractivity contribution < 1.29 is 22.7 Å². The van der Waals surface area contributed by atoms with Crippen molar-refractivity contribution in [2.75, 3.05) is 25.9 Å². The molecule has 2 rings (SSSR count). The lowest BCUT2D eigenvalue weighted by Crippen LogP contribution is -2.40. The minimum absolute atomic E-state index is 0.134. The maximum Gasteiger partial charge on any atom is 0.410 e. The summed E-state index contributed by atoms with van der Waals surface area (Å²) < 4.78 is 29.1. The number of hydrogen-bond acceptors (Lipinski definition) is 5. The Morgan fingerprint density at radius 2 is 1.85 bits per heavy atom. The van der Waals surface area contributed by atoms with Crippen LogP contribution in [0.5, 0.6) is 0 Å². The van der Waals surface area contributed by atoms with Crippen LogP contribution in [0.4, 0.5) is 4.79 Å². The van der Waals surface area contributed by atoms with E-state index < -0.39 is 33.5 Å². The van der Waals surface area contributed by atoms with Gasteiger partial charge in [-0.05, 0) is 20.8 Å². The SMILES string of the molecule is CC(C)(C)OC(=O)N1CC2CN(S(C)(=O)=O)C(=O)C2C1. The lowest BCUT2D eigenvalue weighted by atomic mass is 10.0. The molecule has 2 aliphatic heterocycles. The first-order chi connectivity index (χ1) is 8.99. The van der Waals surface area contributed by atoms with Crippen LogP contribution in [0.1, 0.15) is 20.8 Å². The van der Waals surface area contributed by atoms with Crippen LogP contribution in [0.15, 0.2) is 0 Å². The summed E-state index contributed by atoms with van der Waals surface area (Å²) in [7, 11) is -3.51. The van der Waals surface area contributed by atoms with Gasteiger partial charge in [0.15, 0.2) is 0 Å². The lowest BCUT2D eigenvalue weighted by molar-refractivity contribution is -0.127. The molecule has 2 unspecified atom stereocenters. The molecule has 0 aromatic carbocycles. The second kappa shape index (κ2) is 4.61. The van der Waals surface area contributed by atoms with Crippen LogP contribution in [0, 0.1) is 11.8 Å². The number of rotatable bonds is 1. The average molecular weight is 304 g/mol. The molecule has 20 heavy (non-hydrogen) atoms. The Morgan fingerprint density at radius 1 is 1.25 bits per heavy atom. The molecule has 0 saturated carbocycles. The number of amides is 2. The van der Waals surface area contributed by atoms with Crippen LogP contribution in [0.2, 0.25) is 0 Å². The van der Waals surface area contributed by atoms with Crippen molar-refractivity contribution in [3.8, 4) is 0 Å². The topological polar surface area (TPSA) is 84.0 Å². The van der Waals surface area contributed by atoms with Gasteiger partial charge in [0.2, 0.25) is 15.9 Å². The maximum atomic E-state index is 12.1. The fraction of sp³-hybridized carbons (Fsp3) is 0.833. The van der Waals surface area contributed by atoms with E-state index in [2.05, 4.69) is 0 Å². The first-order valence-corrected chi connectivity index (χ1v) is 8.33. The van der Waals surface area contributed by atoms with Crippen molar-refractivity contribution in [3.05, 3.63) is 0 Å². The van der Waals surface area contributed by atoms with Gasteiger partial charge in [-0.1, -0.05) is 0 Å². The fourth-order valence-electron chi connectivity index (χ4n) is 2.60. The predicted molar refractivity (Wildman–Crippen MR) is 71.3 cm³/mol. The molecule has 0 bridgehead atoms. The molecule has 0 N–H and O–H groups in total. The second-order valence-electron chi connectivity index (χ2n) is 6.38. The molecular weight excluding hydrogens is 284 g/mol. The van der Waals surface area contributed by atoms with E-state index in [0.717, 1.165) is 10.6 Å². The third kappa shape index (κ3) is 2.89. The smallest absolute Gasteiger partial charge is 0.410 e. The summed E-state index contributed by atoms with van der Waals surface area (Å²) in [6.45, 7) is 6.07. The largest absolute Gasteiger partial charge is 0.444 e. The van der Waals surface area contributed by atoms with Crippen molar-refractivity contribution in [1.29, 1.82) is 0 Å². The van der Waals surface area contributed by atoms with Gasteiger partial charge in [-0.2, -0.15) is 0 Å². The lowest BCUT2D eigenvalue weighted by Gasteiger charge is -2.25. The second-order valence-corrected chi connectivity index (χ2v) is 8.29. The molecule has 0 aromatic heterocycles. The Morgan fingerprint density at radius 3 is 2.30 bits per heavy atom. The molecule has 2 atom stereocenters. The summed E-state index contributed by atoms with van der Waals surface area (Å²) in [4.78, 5) is 25.5. The normalized spacial score (nSPS) is 26.9. The zero-order valence-corrected chi connectivity index (χ0v) is 12.9. The number of carbonyl (C=O) groups excluding carboxylic acids is 2. The summed E-state index contributed by atoms with van der Waals surface area (Å²) in [6.07, 6.45) is 0.572. The van der Waals surface area contributed by atoms with Crippen LogP contribution >= 0.6 is 0 Å². The molecule has 2 heterocycles. The zero-order chi connectivity index (χ0) is 15.3. The molecule has 2 fully saturated rings. The van der Waals surface area contributed by atoms with E-state index in [1.807, 2.05) is 0 Å². The van der Waals surface area contributed by atoms with E-state index in [-0.39, 0.29) is 19.0 Å². The van der Waals surface area contributed by atoms with Gasteiger partial charge >= 0.3 is 6.09 Å². The zero-order valence-electron chi connectivity index (χ0n) is 12.1. The van der Waals surface area contributed by atoms with Crippen LogP contribution in [-0.4, -0.2) is 61.1 Å². The van der Waals surface area contributed by atoms with E-state index in [9.17, 15) is 18.0 Å². The summed E-state index contributed by atoms with van der Waals surface area (Å²) in [6, 6.07) is 0. The van der Waals surface area contributed by atoms with Gasteiger partial charge in [0.25, 0.3) is 0 Å². The maximum absolute atomic E-state index is 12.1. The Balaban J connectivity index is 2.03. The summed E-state index contributed by atoms with van der Waals surface area (Å²) >= 11 is 0. The summed E-state index contributed by atoms with van der Waals surface area (Å²) in [5, 5.41) is 0. The molecule has 114 valence electrons. The van der Waals surface area contributed by atoms with Crippen molar-refractivity contribution in [2.24, 2.45) is 11.8 Å². The Bertz CT molecular complexity index is 537. The quantitative estimate of drug-likeness (QED) is 0.694. The summed E-state index contributed by atoms with van der Waals surface area (Å²) in [5.74, 6) is -0.981. The minimum atomic E-state index is -3.51. The highest BCUT2D eigenvalue weighted by molar-refractivity contribution is 7.88. The van der Waals surface area contributed by atoms with Crippen molar-refractivity contribution in [3.63, 3.8) is 0 Å². The molecule has 0 spiro atoms. The standard InChI is InChI=1S/C12H20N2O5S/c1-12(2,3)19-11(16)13-5-8-6-14(20(4,17)18)10(15)9(8)7-13/h8-9H,5-7H2,1-4H3. The Hall–Kier alpha value is -1.31. The molecule has 2 aliphatic rings. The van der Waals surface area contributed by atoms with Gasteiger partial charge in [0.1, 0.15) is 5.60 Å². The molecular formula is C12H20N2O5S. The molecule has 0 aliphatic carbocycles. The van der Waals surface area contributed by atoms with Gasteiger partial charge in [-0.3, -0.25) is 4.79 Å². The molecule has 8 heteroatoms. The van der Waals surface area contributed by atoms with Gasteiger partial charge in [-0.15, -0.1) is 0 Å². The Labute approximate surface area is 118 Å². The number of hydrogen-bond donors (Lipinski definition) is 0. The molecule has 7 nitrogen and oxygen atoms in total. The number of sulfonamides is 1. The van der Waals surface area contributed by atoms with Crippen LogP contribution in [0.25, 0.3) is 0 Å². The van der Waals surface area contributed by atoms with Gasteiger partial charge in [-0.25, -0.2) is 17.5 Å². The number of nitrogens with zero attached hydrogens (tertiary/aromatic N) is 2. The predicted octanol–water partition coefficient (Wildman–Crippen LogP) is 0.271. The third-order valence-electron chi connectivity index (χ3n) is 3.46. The van der Waals surface area contributed by atoms with Gasteiger partial charge < -0.3 is 9.64 Å². The van der Waals surface area contributed by atoms with Crippen molar-refractivity contribution in [1.82, 2.24) is 9.21 Å². The van der Waals surface area contributed by atoms with Gasteiger partial charge in [0.05, 0.1) is 12.2 Å². The molecule has 2 saturated heterocycles. The van der Waals surface area contributed by atoms with Crippen LogP contribution in [-0.2, 0) is 19.6 Å². The van der Waals surface area contributed by atoms with Crippen molar-refractivity contribution >= 4 is 22.0 Å². The molecule has 0 aromatic rings. The number of likely N-dealkylation sites (tertiary alicyclic amines) is 1. The van der Waals surface area contributed by atoms with Crippen LogP contribution in [0.3, 0.4) is 0 Å². The van der Waals surface area contributed by atoms with E-state index >= 15 is 0 Å². The van der Waals surface area contributed by atoms with E-state index in [1.54, 1.807) is 20.8 Å². The number of ether oxygens (including phenoxy) is 1. The summed E-state index contributed by atoms with van der Waals surface area (Å²) in [5.41, 5.74) is -0.586. The number of fused-ring (bicyclic) bond motifs is 1. The van der Waals surface area contributed by atoms with Crippen LogP contribution < -0.4 is 0 Å². The minimum Gasteiger partial charge on any atom is -0.444 e. The Kier molecular flexibility index (Phi) is 3.48. The fourth-order valence-corrected chi connectivity index (χ4v) is 3.52. The molecule has 2 amide bonds. The van der Waals surface area contributed by atoms with E-state index in [1.165, 1.54) is 4.90 Å². The van der Waals surface area contributed by atoms with E-state index in [0.29, 0.717) is 6.54 Å². The third-order valence-corrected chi connectivity index (χ3v) is 4.59. The van der Waals surface area contributed by atoms with E-state index in [4.69, 9.17) is 4.74 Å². The first-order valence-electron chi connectivity index (χ1n) is 6.48. The number of carbonyl (C=O) groups is 2. The highest BCUT2D eigenvalue weighted by Gasteiger charge is 2.50. The first kappa shape index (κ1) is 15.1. The monoisotopic (exact) mass is 304 g/mol. The average Bonchev–Trinajstić information content (AvgIpc) is 2.75.